The van der Waals surface area contributed by atoms with Gasteiger partial charge in [-0.2, -0.15) is 0 Å². The normalized spacial score (nSPS) is 25.3. The number of hydrogen-bond donors (Lipinski definition) is 2. The van der Waals surface area contributed by atoms with Crippen molar-refractivity contribution in [2.45, 2.75) is 46.6 Å². The van der Waals surface area contributed by atoms with E-state index in [2.05, 4.69) is 12.2 Å². The minimum Gasteiger partial charge on any atom is -0.395 e. The first-order valence-electron chi connectivity index (χ1n) is 7.02. The van der Waals surface area contributed by atoms with E-state index in [4.69, 9.17) is 5.11 Å². The average Bonchev–Trinajstić information content (AvgIpc) is 2.33. The van der Waals surface area contributed by atoms with E-state index in [1.807, 2.05) is 25.7 Å². The third-order valence-electron chi connectivity index (χ3n) is 3.59. The van der Waals surface area contributed by atoms with Gasteiger partial charge in [0.25, 0.3) is 0 Å². The van der Waals surface area contributed by atoms with Crippen LogP contribution in [0.1, 0.15) is 40.5 Å². The van der Waals surface area contributed by atoms with Crippen LogP contribution in [-0.4, -0.2) is 48.2 Å². The van der Waals surface area contributed by atoms with Crippen molar-refractivity contribution in [2.75, 3.05) is 26.2 Å². The van der Waals surface area contributed by atoms with E-state index in [-0.39, 0.29) is 17.9 Å². The van der Waals surface area contributed by atoms with E-state index in [0.717, 1.165) is 25.9 Å². The maximum atomic E-state index is 12.3. The quantitative estimate of drug-likeness (QED) is 0.796. The summed E-state index contributed by atoms with van der Waals surface area (Å²) in [7, 11) is 0. The van der Waals surface area contributed by atoms with Gasteiger partial charge in [-0.05, 0) is 12.3 Å². The first kappa shape index (κ1) is 15.4. The maximum absolute atomic E-state index is 12.3. The Morgan fingerprint density at radius 3 is 2.56 bits per heavy atom. The number of aliphatic hydroxyl groups excluding tert-OH is 1. The molecule has 1 rings (SSSR count). The number of hydrogen-bond acceptors (Lipinski definition) is 3. The molecule has 4 nitrogen and oxygen atoms in total. The molecule has 1 heterocycles. The lowest BCUT2D eigenvalue weighted by Gasteiger charge is -2.40. The van der Waals surface area contributed by atoms with Gasteiger partial charge < -0.3 is 15.3 Å². The first-order valence-corrected chi connectivity index (χ1v) is 7.02. The number of carbonyl (C=O) groups is 1. The molecule has 0 radical (unpaired) electrons. The fourth-order valence-corrected chi connectivity index (χ4v) is 2.56. The van der Waals surface area contributed by atoms with E-state index in [0.29, 0.717) is 18.5 Å². The van der Waals surface area contributed by atoms with Gasteiger partial charge in [0, 0.05) is 31.1 Å². The number of nitrogens with zero attached hydrogens (tertiary/aromatic N) is 1. The number of amides is 1. The topological polar surface area (TPSA) is 52.6 Å². The Kier molecular flexibility index (Phi) is 5.60. The summed E-state index contributed by atoms with van der Waals surface area (Å²) >= 11 is 0. The van der Waals surface area contributed by atoms with Crippen LogP contribution in [-0.2, 0) is 4.79 Å². The van der Waals surface area contributed by atoms with Crippen LogP contribution in [0.3, 0.4) is 0 Å². The van der Waals surface area contributed by atoms with Crippen LogP contribution in [0.15, 0.2) is 0 Å². The second kappa shape index (κ2) is 6.53. The molecule has 0 spiro atoms. The van der Waals surface area contributed by atoms with Crippen LogP contribution in [0.2, 0.25) is 0 Å². The summed E-state index contributed by atoms with van der Waals surface area (Å²) < 4.78 is 0. The summed E-state index contributed by atoms with van der Waals surface area (Å²) in [5, 5.41) is 12.2. The Labute approximate surface area is 111 Å². The standard InChI is InChI=1S/C14H28N2O2/c1-5-11-8-12(15-6-7-17)10-16(9-11)13(18)14(2,3)4/h11-12,15,17H,5-10H2,1-4H3. The predicted molar refractivity (Wildman–Crippen MR) is 73.3 cm³/mol. The lowest BCUT2D eigenvalue weighted by molar-refractivity contribution is -0.142. The minimum atomic E-state index is -0.308. The van der Waals surface area contributed by atoms with E-state index < -0.39 is 0 Å². The molecule has 1 aliphatic rings. The fraction of sp³-hybridized carbons (Fsp3) is 0.929. The Bertz CT molecular complexity index is 273. The third kappa shape index (κ3) is 4.25. The molecule has 18 heavy (non-hydrogen) atoms. The molecule has 0 aliphatic carbocycles. The smallest absolute Gasteiger partial charge is 0.228 e. The SMILES string of the molecule is CCC1CC(NCCO)CN(C(=O)C(C)(C)C)C1. The molecule has 2 unspecified atom stereocenters. The van der Waals surface area contributed by atoms with Crippen LogP contribution in [0.25, 0.3) is 0 Å². The summed E-state index contributed by atoms with van der Waals surface area (Å²) in [6, 6.07) is 0.321. The van der Waals surface area contributed by atoms with Gasteiger partial charge in [-0.25, -0.2) is 0 Å². The zero-order chi connectivity index (χ0) is 13.8. The monoisotopic (exact) mass is 256 g/mol. The Morgan fingerprint density at radius 2 is 2.06 bits per heavy atom. The molecule has 2 N–H and O–H groups in total. The number of rotatable bonds is 4. The molecule has 0 bridgehead atoms. The molecule has 1 fully saturated rings. The highest BCUT2D eigenvalue weighted by atomic mass is 16.3. The van der Waals surface area contributed by atoms with Gasteiger partial charge >= 0.3 is 0 Å². The summed E-state index contributed by atoms with van der Waals surface area (Å²) in [5.74, 6) is 0.803. The van der Waals surface area contributed by atoms with Crippen LogP contribution in [0, 0.1) is 11.3 Å². The molecule has 106 valence electrons. The van der Waals surface area contributed by atoms with Gasteiger partial charge in [-0.1, -0.05) is 34.1 Å². The van der Waals surface area contributed by atoms with E-state index in [1.54, 1.807) is 0 Å². The van der Waals surface area contributed by atoms with E-state index in [1.165, 1.54) is 0 Å². The van der Waals surface area contributed by atoms with Gasteiger partial charge in [-0.3, -0.25) is 4.79 Å². The summed E-state index contributed by atoms with van der Waals surface area (Å²) in [6.07, 6.45) is 2.20. The van der Waals surface area contributed by atoms with Gasteiger partial charge in [0.1, 0.15) is 0 Å². The molecular weight excluding hydrogens is 228 g/mol. The number of piperidine rings is 1. The summed E-state index contributed by atoms with van der Waals surface area (Å²) in [6.45, 7) is 10.5. The zero-order valence-electron chi connectivity index (χ0n) is 12.2. The van der Waals surface area contributed by atoms with E-state index >= 15 is 0 Å². The molecule has 1 saturated heterocycles. The molecule has 2 atom stereocenters. The Balaban J connectivity index is 2.65. The van der Waals surface area contributed by atoms with Crippen molar-refractivity contribution in [1.29, 1.82) is 0 Å². The van der Waals surface area contributed by atoms with Crippen LogP contribution < -0.4 is 5.32 Å². The van der Waals surface area contributed by atoms with Crippen molar-refractivity contribution >= 4 is 5.91 Å². The van der Waals surface area contributed by atoms with Crippen molar-refractivity contribution in [3.63, 3.8) is 0 Å². The zero-order valence-corrected chi connectivity index (χ0v) is 12.2. The Hall–Kier alpha value is -0.610. The highest BCUT2D eigenvalue weighted by molar-refractivity contribution is 5.81. The largest absolute Gasteiger partial charge is 0.395 e. The predicted octanol–water partition coefficient (Wildman–Crippen LogP) is 1.24. The first-order chi connectivity index (χ1) is 8.38. The molecule has 0 saturated carbocycles. The molecule has 0 aromatic heterocycles. The van der Waals surface area contributed by atoms with E-state index in [9.17, 15) is 4.79 Å². The maximum Gasteiger partial charge on any atom is 0.228 e. The summed E-state index contributed by atoms with van der Waals surface area (Å²) in [4.78, 5) is 14.3. The highest BCUT2D eigenvalue weighted by Gasteiger charge is 2.33. The van der Waals surface area contributed by atoms with Crippen molar-refractivity contribution < 1.29 is 9.90 Å². The van der Waals surface area contributed by atoms with Crippen molar-refractivity contribution in [1.82, 2.24) is 10.2 Å². The molecule has 1 aliphatic heterocycles. The second-order valence-corrected chi connectivity index (χ2v) is 6.34. The summed E-state index contributed by atoms with van der Waals surface area (Å²) in [5.41, 5.74) is -0.308. The highest BCUT2D eigenvalue weighted by Crippen LogP contribution is 2.25. The van der Waals surface area contributed by atoms with Crippen molar-refractivity contribution in [3.05, 3.63) is 0 Å². The number of nitrogens with one attached hydrogen (secondary N) is 1. The minimum absolute atomic E-state index is 0.153. The lowest BCUT2D eigenvalue weighted by atomic mass is 9.88. The fourth-order valence-electron chi connectivity index (χ4n) is 2.56. The number of aliphatic hydroxyl groups is 1. The number of carbonyl (C=O) groups excluding carboxylic acids is 1. The van der Waals surface area contributed by atoms with Crippen LogP contribution in [0.5, 0.6) is 0 Å². The third-order valence-corrected chi connectivity index (χ3v) is 3.59. The van der Waals surface area contributed by atoms with Gasteiger partial charge in [0.2, 0.25) is 5.91 Å². The second-order valence-electron chi connectivity index (χ2n) is 6.34. The molecular formula is C14H28N2O2. The molecule has 0 aromatic carbocycles. The number of likely N-dealkylation sites (tertiary alicyclic amines) is 1. The van der Waals surface area contributed by atoms with Gasteiger partial charge in [0.05, 0.1) is 6.61 Å². The van der Waals surface area contributed by atoms with Gasteiger partial charge in [-0.15, -0.1) is 0 Å². The van der Waals surface area contributed by atoms with Crippen LogP contribution in [0.4, 0.5) is 0 Å². The molecule has 4 heteroatoms. The average molecular weight is 256 g/mol. The van der Waals surface area contributed by atoms with Gasteiger partial charge in [0.15, 0.2) is 0 Å². The molecule has 1 amide bonds. The lowest BCUT2D eigenvalue weighted by Crippen LogP contribution is -2.54. The van der Waals surface area contributed by atoms with Crippen molar-refractivity contribution in [2.24, 2.45) is 11.3 Å². The molecule has 0 aromatic rings. The van der Waals surface area contributed by atoms with Crippen LogP contribution >= 0.6 is 0 Å². The van der Waals surface area contributed by atoms with Crippen molar-refractivity contribution in [3.8, 4) is 0 Å². The Morgan fingerprint density at radius 1 is 1.39 bits per heavy atom.